The molecule has 5 heteroatoms. The van der Waals surface area contributed by atoms with Gasteiger partial charge in [0.05, 0.1) is 11.9 Å². The van der Waals surface area contributed by atoms with Gasteiger partial charge < -0.3 is 5.32 Å². The fraction of sp³-hybridized carbons (Fsp3) is 0.667. The van der Waals surface area contributed by atoms with E-state index in [0.717, 1.165) is 5.82 Å². The second-order valence-corrected chi connectivity index (χ2v) is 6.01. The molecular formula is C12H17N3OS. The van der Waals surface area contributed by atoms with Gasteiger partial charge in [0.25, 0.3) is 0 Å². The Morgan fingerprint density at radius 2 is 2.12 bits per heavy atom. The van der Waals surface area contributed by atoms with Gasteiger partial charge in [-0.25, -0.2) is 0 Å². The summed E-state index contributed by atoms with van der Waals surface area (Å²) in [7, 11) is 0. The van der Waals surface area contributed by atoms with Crippen molar-refractivity contribution in [3.63, 3.8) is 0 Å². The number of thioether (sulfide) groups is 1. The van der Waals surface area contributed by atoms with Crippen LogP contribution in [0.25, 0.3) is 0 Å². The number of H-pyrrole nitrogens is 1. The summed E-state index contributed by atoms with van der Waals surface area (Å²) in [5.74, 6) is 2.16. The lowest BCUT2D eigenvalue weighted by Gasteiger charge is -2.28. The number of aromatic nitrogens is 2. The highest BCUT2D eigenvalue weighted by Gasteiger charge is 2.31. The second kappa shape index (κ2) is 4.72. The lowest BCUT2D eigenvalue weighted by molar-refractivity contribution is -0.113. The highest BCUT2D eigenvalue weighted by Crippen LogP contribution is 2.46. The first kappa shape index (κ1) is 11.1. The normalized spacial score (nSPS) is 26.1. The summed E-state index contributed by atoms with van der Waals surface area (Å²) >= 11 is 1.77. The molecule has 2 N–H and O–H groups in total. The maximum atomic E-state index is 11.6. The molecule has 0 saturated heterocycles. The molecule has 2 heterocycles. The molecule has 92 valence electrons. The minimum atomic E-state index is 0.0822. The SMILES string of the molecule is O=C1CS[C@@H](C2CCCCC2)c2cn[nH]c2N1. The van der Waals surface area contributed by atoms with Crippen LogP contribution >= 0.6 is 11.8 Å². The largest absolute Gasteiger partial charge is 0.310 e. The molecule has 0 radical (unpaired) electrons. The van der Waals surface area contributed by atoms with E-state index in [9.17, 15) is 4.79 Å². The van der Waals surface area contributed by atoms with E-state index < -0.39 is 0 Å². The Labute approximate surface area is 105 Å². The van der Waals surface area contributed by atoms with Gasteiger partial charge in [-0.05, 0) is 18.8 Å². The first-order valence-electron chi connectivity index (χ1n) is 6.29. The van der Waals surface area contributed by atoms with Gasteiger partial charge >= 0.3 is 0 Å². The van der Waals surface area contributed by atoms with Crippen molar-refractivity contribution < 1.29 is 4.79 Å². The van der Waals surface area contributed by atoms with E-state index in [1.165, 1.54) is 37.7 Å². The molecule has 17 heavy (non-hydrogen) atoms. The highest BCUT2D eigenvalue weighted by molar-refractivity contribution is 8.00. The van der Waals surface area contributed by atoms with Crippen LogP contribution in [-0.2, 0) is 4.79 Å². The van der Waals surface area contributed by atoms with Gasteiger partial charge in [-0.3, -0.25) is 9.89 Å². The molecule has 2 aliphatic rings. The van der Waals surface area contributed by atoms with Crippen molar-refractivity contribution in [3.8, 4) is 0 Å². The predicted molar refractivity (Wildman–Crippen MR) is 69.0 cm³/mol. The summed E-state index contributed by atoms with van der Waals surface area (Å²) in [5, 5.41) is 10.3. The zero-order valence-electron chi connectivity index (χ0n) is 9.74. The summed E-state index contributed by atoms with van der Waals surface area (Å²) in [4.78, 5) is 11.6. The zero-order valence-corrected chi connectivity index (χ0v) is 10.6. The van der Waals surface area contributed by atoms with Crippen LogP contribution < -0.4 is 5.32 Å². The van der Waals surface area contributed by atoms with Crippen molar-refractivity contribution in [2.24, 2.45) is 5.92 Å². The van der Waals surface area contributed by atoms with Gasteiger partial charge in [-0.2, -0.15) is 5.10 Å². The third-order valence-electron chi connectivity index (χ3n) is 3.71. The average Bonchev–Trinajstić information content (AvgIpc) is 2.73. The molecular weight excluding hydrogens is 234 g/mol. The van der Waals surface area contributed by atoms with E-state index in [2.05, 4.69) is 15.5 Å². The smallest absolute Gasteiger partial charge is 0.235 e. The Bertz CT molecular complexity index is 412. The van der Waals surface area contributed by atoms with Crippen LogP contribution in [0.3, 0.4) is 0 Å². The predicted octanol–water partition coefficient (Wildman–Crippen LogP) is 2.72. The number of carbonyl (C=O) groups is 1. The number of amides is 1. The summed E-state index contributed by atoms with van der Waals surface area (Å²) in [5.41, 5.74) is 1.19. The van der Waals surface area contributed by atoms with Crippen molar-refractivity contribution in [3.05, 3.63) is 11.8 Å². The first-order valence-corrected chi connectivity index (χ1v) is 7.34. The quantitative estimate of drug-likeness (QED) is 0.807. The van der Waals surface area contributed by atoms with E-state index in [0.29, 0.717) is 16.9 Å². The summed E-state index contributed by atoms with van der Waals surface area (Å²) in [6.45, 7) is 0. The molecule has 1 aromatic rings. The van der Waals surface area contributed by atoms with E-state index in [1.807, 2.05) is 6.20 Å². The Kier molecular flexibility index (Phi) is 3.09. The molecule has 1 saturated carbocycles. The number of nitrogens with one attached hydrogen (secondary N) is 2. The number of rotatable bonds is 1. The lowest BCUT2D eigenvalue weighted by atomic mass is 9.85. The van der Waals surface area contributed by atoms with Crippen LogP contribution in [0.15, 0.2) is 6.20 Å². The van der Waals surface area contributed by atoms with E-state index in [1.54, 1.807) is 11.8 Å². The maximum absolute atomic E-state index is 11.6. The number of nitrogens with zero attached hydrogens (tertiary/aromatic N) is 1. The summed E-state index contributed by atoms with van der Waals surface area (Å²) in [6.07, 6.45) is 8.48. The number of hydrogen-bond acceptors (Lipinski definition) is 3. The minimum absolute atomic E-state index is 0.0822. The van der Waals surface area contributed by atoms with Crippen LogP contribution in [0.4, 0.5) is 5.82 Å². The lowest BCUT2D eigenvalue weighted by Crippen LogP contribution is -2.14. The van der Waals surface area contributed by atoms with Crippen molar-refractivity contribution in [2.75, 3.05) is 11.1 Å². The Morgan fingerprint density at radius 3 is 2.94 bits per heavy atom. The molecule has 1 aliphatic carbocycles. The monoisotopic (exact) mass is 251 g/mol. The minimum Gasteiger partial charge on any atom is -0.310 e. The summed E-state index contributed by atoms with van der Waals surface area (Å²) < 4.78 is 0. The van der Waals surface area contributed by atoms with Crippen LogP contribution in [0.1, 0.15) is 42.9 Å². The van der Waals surface area contributed by atoms with E-state index in [-0.39, 0.29) is 5.91 Å². The van der Waals surface area contributed by atoms with Crippen LogP contribution in [0.2, 0.25) is 0 Å². The van der Waals surface area contributed by atoms with Crippen LogP contribution in [0, 0.1) is 5.92 Å². The van der Waals surface area contributed by atoms with E-state index >= 15 is 0 Å². The Balaban J connectivity index is 1.87. The number of carbonyl (C=O) groups excluding carboxylic acids is 1. The zero-order chi connectivity index (χ0) is 11.7. The Morgan fingerprint density at radius 1 is 1.29 bits per heavy atom. The standard InChI is InChI=1S/C12H17N3OS/c16-10-7-17-11(8-4-2-1-3-5-8)9-6-13-15-12(9)14-10/h6,8,11H,1-5,7H2,(H2,13,14,15,16)/t11-/m0/s1. The number of anilines is 1. The van der Waals surface area contributed by atoms with Gasteiger partial charge in [0, 0.05) is 10.8 Å². The molecule has 1 fully saturated rings. The molecule has 4 nitrogen and oxygen atoms in total. The molecule has 0 unspecified atom stereocenters. The number of hydrogen-bond donors (Lipinski definition) is 2. The van der Waals surface area contributed by atoms with Crippen molar-refractivity contribution in [2.45, 2.75) is 37.4 Å². The summed E-state index contributed by atoms with van der Waals surface area (Å²) in [6, 6.07) is 0. The highest BCUT2D eigenvalue weighted by atomic mass is 32.2. The second-order valence-electron chi connectivity index (χ2n) is 4.88. The van der Waals surface area contributed by atoms with Gasteiger partial charge in [0.15, 0.2) is 0 Å². The molecule has 1 amide bonds. The topological polar surface area (TPSA) is 57.8 Å². The van der Waals surface area contributed by atoms with Crippen molar-refractivity contribution in [1.29, 1.82) is 0 Å². The fourth-order valence-corrected chi connectivity index (χ4v) is 4.17. The van der Waals surface area contributed by atoms with Crippen LogP contribution in [-0.4, -0.2) is 21.9 Å². The fourth-order valence-electron chi connectivity index (χ4n) is 2.87. The molecule has 0 aromatic carbocycles. The molecule has 1 aromatic heterocycles. The van der Waals surface area contributed by atoms with Gasteiger partial charge in [0.1, 0.15) is 5.82 Å². The molecule has 0 spiro atoms. The van der Waals surface area contributed by atoms with Gasteiger partial charge in [0.2, 0.25) is 5.91 Å². The third kappa shape index (κ3) is 2.20. The van der Waals surface area contributed by atoms with Gasteiger partial charge in [-0.15, -0.1) is 11.8 Å². The molecule has 0 bridgehead atoms. The van der Waals surface area contributed by atoms with E-state index in [4.69, 9.17) is 0 Å². The van der Waals surface area contributed by atoms with Crippen LogP contribution in [0.5, 0.6) is 0 Å². The van der Waals surface area contributed by atoms with Crippen molar-refractivity contribution >= 4 is 23.5 Å². The first-order chi connectivity index (χ1) is 8.34. The number of fused-ring (bicyclic) bond motifs is 1. The third-order valence-corrected chi connectivity index (χ3v) is 5.14. The number of aromatic amines is 1. The molecule has 1 aliphatic heterocycles. The molecule has 1 atom stereocenters. The van der Waals surface area contributed by atoms with Crippen molar-refractivity contribution in [1.82, 2.24) is 10.2 Å². The van der Waals surface area contributed by atoms with Gasteiger partial charge in [-0.1, -0.05) is 19.3 Å². The molecule has 3 rings (SSSR count). The maximum Gasteiger partial charge on any atom is 0.235 e. The Hall–Kier alpha value is -0.970. The average molecular weight is 251 g/mol.